The van der Waals surface area contributed by atoms with E-state index in [9.17, 15) is 17.6 Å². The first kappa shape index (κ1) is 18.9. The second-order valence-corrected chi connectivity index (χ2v) is 7.15. The Morgan fingerprint density at radius 1 is 1.04 bits per heavy atom. The Morgan fingerprint density at radius 2 is 1.64 bits per heavy atom. The number of benzene rings is 2. The van der Waals surface area contributed by atoms with Crippen molar-refractivity contribution in [2.24, 2.45) is 0 Å². The molecular weight excluding hydrogens is 345 g/mol. The van der Waals surface area contributed by atoms with Gasteiger partial charge in [0.1, 0.15) is 12.4 Å². The molecule has 25 heavy (non-hydrogen) atoms. The first-order valence-electron chi connectivity index (χ1n) is 7.91. The maximum absolute atomic E-state index is 13.2. The summed E-state index contributed by atoms with van der Waals surface area (Å²) in [6, 6.07) is 11.3. The molecule has 0 aromatic heterocycles. The van der Waals surface area contributed by atoms with Crippen LogP contribution in [0.15, 0.2) is 53.4 Å². The van der Waals surface area contributed by atoms with E-state index in [-0.39, 0.29) is 17.2 Å². The van der Waals surface area contributed by atoms with Crippen LogP contribution in [0.25, 0.3) is 0 Å². The van der Waals surface area contributed by atoms with E-state index in [4.69, 9.17) is 4.74 Å². The minimum Gasteiger partial charge on any atom is -0.465 e. The Bertz CT molecular complexity index is 817. The second kappa shape index (κ2) is 8.11. The minimum atomic E-state index is -4.00. The van der Waals surface area contributed by atoms with E-state index < -0.39 is 28.4 Å². The molecule has 2 rings (SSSR count). The lowest BCUT2D eigenvalue weighted by Crippen LogP contribution is -2.36. The summed E-state index contributed by atoms with van der Waals surface area (Å²) in [7, 11) is -4.00. The Morgan fingerprint density at radius 3 is 2.16 bits per heavy atom. The van der Waals surface area contributed by atoms with Crippen molar-refractivity contribution < 1.29 is 22.3 Å². The largest absolute Gasteiger partial charge is 0.465 e. The standard InChI is InChI=1S/C18H20FNO4S/c1-3-14-5-11-17(12-6-14)25(22,23)20(13-18(21)24-4-2)16-9-7-15(19)8-10-16/h5-12H,3-4,13H2,1-2H3. The van der Waals surface area contributed by atoms with Gasteiger partial charge in [0.05, 0.1) is 17.2 Å². The van der Waals surface area contributed by atoms with Gasteiger partial charge in [-0.25, -0.2) is 12.8 Å². The van der Waals surface area contributed by atoms with Crippen LogP contribution in [0.1, 0.15) is 19.4 Å². The van der Waals surface area contributed by atoms with Gasteiger partial charge >= 0.3 is 5.97 Å². The highest BCUT2D eigenvalue weighted by Crippen LogP contribution is 2.24. The molecule has 0 aliphatic heterocycles. The number of esters is 1. The lowest BCUT2D eigenvalue weighted by molar-refractivity contribution is -0.141. The van der Waals surface area contributed by atoms with Crippen molar-refractivity contribution in [2.75, 3.05) is 17.5 Å². The van der Waals surface area contributed by atoms with Crippen molar-refractivity contribution in [3.63, 3.8) is 0 Å². The first-order valence-corrected chi connectivity index (χ1v) is 9.35. The molecule has 0 radical (unpaired) electrons. The zero-order valence-corrected chi connectivity index (χ0v) is 14.9. The van der Waals surface area contributed by atoms with Crippen LogP contribution < -0.4 is 4.31 Å². The summed E-state index contributed by atoms with van der Waals surface area (Å²) in [5, 5.41) is 0. The number of carbonyl (C=O) groups excluding carboxylic acids is 1. The summed E-state index contributed by atoms with van der Waals surface area (Å²) in [5.74, 6) is -1.18. The van der Waals surface area contributed by atoms with Crippen molar-refractivity contribution in [3.8, 4) is 0 Å². The van der Waals surface area contributed by atoms with Crippen LogP contribution in [0.5, 0.6) is 0 Å². The van der Waals surface area contributed by atoms with E-state index >= 15 is 0 Å². The number of carbonyl (C=O) groups is 1. The summed E-state index contributed by atoms with van der Waals surface area (Å²) in [6.45, 7) is 3.26. The van der Waals surface area contributed by atoms with Crippen LogP contribution >= 0.6 is 0 Å². The molecule has 0 bridgehead atoms. The number of hydrogen-bond acceptors (Lipinski definition) is 4. The first-order chi connectivity index (χ1) is 11.9. The predicted octanol–water partition coefficient (Wildman–Crippen LogP) is 3.15. The van der Waals surface area contributed by atoms with Gasteiger partial charge < -0.3 is 4.74 Å². The summed E-state index contributed by atoms with van der Waals surface area (Å²) in [6.07, 6.45) is 0.783. The summed E-state index contributed by atoms with van der Waals surface area (Å²) in [4.78, 5) is 11.9. The SMILES string of the molecule is CCOC(=O)CN(c1ccc(F)cc1)S(=O)(=O)c1ccc(CC)cc1. The minimum absolute atomic E-state index is 0.0540. The number of sulfonamides is 1. The molecule has 0 heterocycles. The molecule has 0 aliphatic carbocycles. The third kappa shape index (κ3) is 4.57. The Kier molecular flexibility index (Phi) is 6.14. The highest BCUT2D eigenvalue weighted by atomic mass is 32.2. The van der Waals surface area contributed by atoms with Crippen molar-refractivity contribution >= 4 is 21.7 Å². The zero-order valence-electron chi connectivity index (χ0n) is 14.1. The third-order valence-electron chi connectivity index (χ3n) is 3.61. The van der Waals surface area contributed by atoms with Gasteiger partial charge in [-0.1, -0.05) is 19.1 Å². The molecule has 5 nitrogen and oxygen atoms in total. The maximum Gasteiger partial charge on any atom is 0.326 e. The number of hydrogen-bond donors (Lipinski definition) is 0. The molecule has 0 fully saturated rings. The zero-order chi connectivity index (χ0) is 18.4. The fraction of sp³-hybridized carbons (Fsp3) is 0.278. The van der Waals surface area contributed by atoms with Crippen LogP contribution in [0.4, 0.5) is 10.1 Å². The Balaban J connectivity index is 2.44. The molecule has 134 valence electrons. The predicted molar refractivity (Wildman–Crippen MR) is 93.4 cm³/mol. The lowest BCUT2D eigenvalue weighted by Gasteiger charge is -2.23. The smallest absolute Gasteiger partial charge is 0.326 e. The summed E-state index contributed by atoms with van der Waals surface area (Å²) >= 11 is 0. The third-order valence-corrected chi connectivity index (χ3v) is 5.40. The molecular formula is C18H20FNO4S. The number of nitrogens with zero attached hydrogens (tertiary/aromatic N) is 1. The highest BCUT2D eigenvalue weighted by Gasteiger charge is 2.27. The number of rotatable bonds is 7. The van der Waals surface area contributed by atoms with Gasteiger partial charge in [-0.15, -0.1) is 0 Å². The molecule has 2 aromatic carbocycles. The van der Waals surface area contributed by atoms with Crippen molar-refractivity contribution in [1.82, 2.24) is 0 Å². The van der Waals surface area contributed by atoms with E-state index in [0.717, 1.165) is 28.4 Å². The molecule has 0 atom stereocenters. The second-order valence-electron chi connectivity index (χ2n) is 5.29. The summed E-state index contributed by atoms with van der Waals surface area (Å²) < 4.78 is 44.9. The fourth-order valence-electron chi connectivity index (χ4n) is 2.27. The average Bonchev–Trinajstić information content (AvgIpc) is 2.61. The van der Waals surface area contributed by atoms with Gasteiger partial charge in [-0.3, -0.25) is 9.10 Å². The monoisotopic (exact) mass is 365 g/mol. The molecule has 7 heteroatoms. The molecule has 0 aliphatic rings. The number of anilines is 1. The number of aryl methyl sites for hydroxylation is 1. The van der Waals surface area contributed by atoms with Crippen LogP contribution in [0.3, 0.4) is 0 Å². The van der Waals surface area contributed by atoms with Crippen LogP contribution in [-0.2, 0) is 26.0 Å². The van der Waals surface area contributed by atoms with Crippen LogP contribution in [-0.4, -0.2) is 27.5 Å². The Labute approximate surface area is 147 Å². The fourth-order valence-corrected chi connectivity index (χ4v) is 3.68. The van der Waals surface area contributed by atoms with Gasteiger partial charge in [-0.2, -0.15) is 0 Å². The lowest BCUT2D eigenvalue weighted by atomic mass is 10.2. The van der Waals surface area contributed by atoms with Gasteiger partial charge in [0, 0.05) is 0 Å². The van der Waals surface area contributed by atoms with Crippen molar-refractivity contribution in [3.05, 3.63) is 59.9 Å². The van der Waals surface area contributed by atoms with Crippen molar-refractivity contribution in [2.45, 2.75) is 25.2 Å². The number of halogens is 1. The topological polar surface area (TPSA) is 63.7 Å². The molecule has 0 spiro atoms. The molecule has 0 saturated heterocycles. The van der Waals surface area contributed by atoms with Gasteiger partial charge in [0.15, 0.2) is 0 Å². The van der Waals surface area contributed by atoms with E-state index in [1.165, 1.54) is 24.3 Å². The van der Waals surface area contributed by atoms with E-state index in [0.29, 0.717) is 0 Å². The van der Waals surface area contributed by atoms with E-state index in [1.807, 2.05) is 6.92 Å². The molecule has 0 N–H and O–H groups in total. The number of ether oxygens (including phenoxy) is 1. The van der Waals surface area contributed by atoms with Crippen LogP contribution in [0.2, 0.25) is 0 Å². The summed E-state index contributed by atoms with van der Waals surface area (Å²) in [5.41, 5.74) is 1.19. The Hall–Kier alpha value is -2.41. The van der Waals surface area contributed by atoms with E-state index in [1.54, 1.807) is 19.1 Å². The molecule has 0 saturated carbocycles. The molecule has 0 unspecified atom stereocenters. The quantitative estimate of drug-likeness (QED) is 0.707. The molecule has 2 aromatic rings. The highest BCUT2D eigenvalue weighted by molar-refractivity contribution is 7.92. The van der Waals surface area contributed by atoms with Gasteiger partial charge in [0.2, 0.25) is 0 Å². The van der Waals surface area contributed by atoms with Gasteiger partial charge in [-0.05, 0) is 55.3 Å². The maximum atomic E-state index is 13.2. The normalized spacial score (nSPS) is 11.2. The van der Waals surface area contributed by atoms with Crippen molar-refractivity contribution in [1.29, 1.82) is 0 Å². The van der Waals surface area contributed by atoms with E-state index in [2.05, 4.69) is 0 Å². The van der Waals surface area contributed by atoms with Crippen LogP contribution in [0, 0.1) is 5.82 Å². The molecule has 0 amide bonds. The van der Waals surface area contributed by atoms with Gasteiger partial charge in [0.25, 0.3) is 10.0 Å². The average molecular weight is 365 g/mol.